The van der Waals surface area contributed by atoms with Gasteiger partial charge in [-0.05, 0) is 31.0 Å². The number of esters is 1. The van der Waals surface area contributed by atoms with Crippen LogP contribution in [0.4, 0.5) is 5.69 Å². The lowest BCUT2D eigenvalue weighted by molar-refractivity contribution is -0.152. The summed E-state index contributed by atoms with van der Waals surface area (Å²) < 4.78 is 30.6. The maximum absolute atomic E-state index is 12.2. The highest BCUT2D eigenvalue weighted by molar-refractivity contribution is 7.89. The minimum Gasteiger partial charge on any atom is -0.455 e. The summed E-state index contributed by atoms with van der Waals surface area (Å²) in [7, 11) is -0.960. The normalized spacial score (nSPS) is 15.7. The molecular formula is C17H23ClN2O5S. The molecule has 0 saturated heterocycles. The molecule has 0 heterocycles. The van der Waals surface area contributed by atoms with E-state index in [1.807, 2.05) is 0 Å². The van der Waals surface area contributed by atoms with Gasteiger partial charge in [-0.2, -0.15) is 0 Å². The van der Waals surface area contributed by atoms with Crippen LogP contribution in [0.5, 0.6) is 0 Å². The van der Waals surface area contributed by atoms with E-state index in [4.69, 9.17) is 16.3 Å². The van der Waals surface area contributed by atoms with Crippen molar-refractivity contribution in [2.24, 2.45) is 5.92 Å². The van der Waals surface area contributed by atoms with Crippen LogP contribution >= 0.6 is 11.6 Å². The van der Waals surface area contributed by atoms with Gasteiger partial charge in [0, 0.05) is 19.8 Å². The predicted octanol–water partition coefficient (Wildman–Crippen LogP) is 2.65. The Balaban J connectivity index is 1.97. The molecular weight excluding hydrogens is 380 g/mol. The van der Waals surface area contributed by atoms with Crippen LogP contribution in [-0.2, 0) is 24.3 Å². The highest BCUT2D eigenvalue weighted by atomic mass is 35.5. The summed E-state index contributed by atoms with van der Waals surface area (Å²) in [6.07, 6.45) is 4.71. The topological polar surface area (TPSA) is 92.8 Å². The van der Waals surface area contributed by atoms with Gasteiger partial charge >= 0.3 is 5.97 Å². The van der Waals surface area contributed by atoms with Crippen molar-refractivity contribution < 1.29 is 22.7 Å². The Bertz CT molecular complexity index is 773. The minimum atomic E-state index is -3.74. The van der Waals surface area contributed by atoms with Crippen molar-refractivity contribution in [1.82, 2.24) is 4.31 Å². The van der Waals surface area contributed by atoms with Crippen molar-refractivity contribution in [3.05, 3.63) is 23.2 Å². The fourth-order valence-electron chi connectivity index (χ4n) is 2.77. The van der Waals surface area contributed by atoms with Crippen molar-refractivity contribution in [2.45, 2.75) is 37.0 Å². The number of nitrogens with zero attached hydrogens (tertiary/aromatic N) is 1. The molecule has 1 N–H and O–H groups in total. The van der Waals surface area contributed by atoms with Crippen LogP contribution in [0.15, 0.2) is 23.1 Å². The second-order valence-electron chi connectivity index (χ2n) is 6.42. The van der Waals surface area contributed by atoms with Gasteiger partial charge in [0.15, 0.2) is 6.61 Å². The standard InChI is InChI=1S/C17H23ClN2O5S/c1-20(2)26(23,24)15-10-13(8-9-14(15)18)19-16(21)11-25-17(22)12-6-4-3-5-7-12/h8-10,12H,3-7,11H2,1-2H3,(H,19,21). The number of nitrogens with one attached hydrogen (secondary N) is 1. The van der Waals surface area contributed by atoms with E-state index >= 15 is 0 Å². The molecule has 26 heavy (non-hydrogen) atoms. The summed E-state index contributed by atoms with van der Waals surface area (Å²) in [6.45, 7) is -0.409. The first-order valence-corrected chi connectivity index (χ1v) is 10.2. The van der Waals surface area contributed by atoms with Gasteiger partial charge in [-0.3, -0.25) is 9.59 Å². The van der Waals surface area contributed by atoms with Crippen LogP contribution in [0, 0.1) is 5.92 Å². The van der Waals surface area contributed by atoms with Crippen molar-refractivity contribution in [3.8, 4) is 0 Å². The minimum absolute atomic E-state index is 0.0559. The van der Waals surface area contributed by atoms with Gasteiger partial charge in [0.2, 0.25) is 10.0 Å². The Morgan fingerprint density at radius 1 is 1.23 bits per heavy atom. The molecule has 1 amide bonds. The Morgan fingerprint density at radius 3 is 2.50 bits per heavy atom. The number of ether oxygens (including phenoxy) is 1. The zero-order valence-electron chi connectivity index (χ0n) is 14.8. The molecule has 9 heteroatoms. The summed E-state index contributed by atoms with van der Waals surface area (Å²) in [5.41, 5.74) is 0.258. The molecule has 1 aliphatic carbocycles. The van der Waals surface area contributed by atoms with Crippen LogP contribution in [-0.4, -0.2) is 45.3 Å². The second-order valence-corrected chi connectivity index (χ2v) is 8.95. The zero-order valence-corrected chi connectivity index (χ0v) is 16.4. The fraction of sp³-hybridized carbons (Fsp3) is 0.529. The molecule has 144 valence electrons. The van der Waals surface area contributed by atoms with Gasteiger partial charge in [-0.1, -0.05) is 30.9 Å². The molecule has 1 aromatic carbocycles. The molecule has 0 aliphatic heterocycles. The number of sulfonamides is 1. The SMILES string of the molecule is CN(C)S(=O)(=O)c1cc(NC(=O)COC(=O)C2CCCCC2)ccc1Cl. The molecule has 1 saturated carbocycles. The molecule has 0 bridgehead atoms. The third-order valence-corrected chi connectivity index (χ3v) is 6.55. The Hall–Kier alpha value is -1.64. The van der Waals surface area contributed by atoms with Crippen molar-refractivity contribution >= 4 is 39.2 Å². The number of carbonyl (C=O) groups is 2. The number of amides is 1. The molecule has 0 spiro atoms. The number of carbonyl (C=O) groups excluding carboxylic acids is 2. The molecule has 0 radical (unpaired) electrons. The molecule has 1 aromatic rings. The Morgan fingerprint density at radius 2 is 1.88 bits per heavy atom. The summed E-state index contributed by atoms with van der Waals surface area (Å²) >= 11 is 5.96. The lowest BCUT2D eigenvalue weighted by Gasteiger charge is -2.19. The van der Waals surface area contributed by atoms with Gasteiger partial charge in [-0.25, -0.2) is 12.7 Å². The van der Waals surface area contributed by atoms with E-state index in [-0.39, 0.29) is 27.5 Å². The van der Waals surface area contributed by atoms with Crippen LogP contribution in [0.1, 0.15) is 32.1 Å². The van der Waals surface area contributed by atoms with Gasteiger partial charge in [0.25, 0.3) is 5.91 Å². The van der Waals surface area contributed by atoms with Crippen LogP contribution in [0.3, 0.4) is 0 Å². The number of hydrogen-bond donors (Lipinski definition) is 1. The summed E-state index contributed by atoms with van der Waals surface area (Å²) in [5.74, 6) is -1.03. The van der Waals surface area contributed by atoms with Crippen molar-refractivity contribution in [1.29, 1.82) is 0 Å². The number of anilines is 1. The molecule has 1 aliphatic rings. The lowest BCUT2D eigenvalue weighted by atomic mass is 9.89. The first kappa shape index (κ1) is 20.7. The van der Waals surface area contributed by atoms with Crippen molar-refractivity contribution in [3.63, 3.8) is 0 Å². The van der Waals surface area contributed by atoms with Gasteiger partial charge in [0.05, 0.1) is 10.9 Å². The zero-order chi connectivity index (χ0) is 19.3. The van der Waals surface area contributed by atoms with Gasteiger partial charge < -0.3 is 10.1 Å². The van der Waals surface area contributed by atoms with E-state index < -0.39 is 22.5 Å². The lowest BCUT2D eigenvalue weighted by Crippen LogP contribution is -2.26. The van der Waals surface area contributed by atoms with E-state index in [2.05, 4.69) is 5.32 Å². The quantitative estimate of drug-likeness (QED) is 0.738. The maximum Gasteiger partial charge on any atom is 0.309 e. The summed E-state index contributed by atoms with van der Waals surface area (Å²) in [4.78, 5) is 23.8. The third kappa shape index (κ3) is 5.18. The van der Waals surface area contributed by atoms with Gasteiger partial charge in [0.1, 0.15) is 4.90 Å². The highest BCUT2D eigenvalue weighted by Gasteiger charge is 2.24. The molecule has 1 fully saturated rings. The summed E-state index contributed by atoms with van der Waals surface area (Å²) in [5, 5.41) is 2.58. The molecule has 0 unspecified atom stereocenters. The predicted molar refractivity (Wildman–Crippen MR) is 98.5 cm³/mol. The number of rotatable bonds is 6. The first-order chi connectivity index (χ1) is 12.2. The monoisotopic (exact) mass is 402 g/mol. The van der Waals surface area contributed by atoms with E-state index in [1.165, 1.54) is 32.3 Å². The molecule has 2 rings (SSSR count). The second kappa shape index (κ2) is 8.83. The number of hydrogen-bond acceptors (Lipinski definition) is 5. The molecule has 0 atom stereocenters. The van der Waals surface area contributed by atoms with Crippen LogP contribution in [0.2, 0.25) is 5.02 Å². The van der Waals surface area contributed by atoms with Gasteiger partial charge in [-0.15, -0.1) is 0 Å². The Kier molecular flexibility index (Phi) is 7.02. The third-order valence-electron chi connectivity index (χ3n) is 4.26. The highest BCUT2D eigenvalue weighted by Crippen LogP contribution is 2.27. The maximum atomic E-state index is 12.2. The van der Waals surface area contributed by atoms with Crippen molar-refractivity contribution in [2.75, 3.05) is 26.0 Å². The fourth-order valence-corrected chi connectivity index (χ4v) is 4.16. The molecule has 7 nitrogen and oxygen atoms in total. The number of benzene rings is 1. The molecule has 0 aromatic heterocycles. The first-order valence-electron chi connectivity index (χ1n) is 8.40. The average Bonchev–Trinajstić information content (AvgIpc) is 2.61. The van der Waals surface area contributed by atoms with Crippen LogP contribution < -0.4 is 5.32 Å². The number of halogens is 1. The largest absolute Gasteiger partial charge is 0.455 e. The van der Waals surface area contributed by atoms with E-state index in [0.29, 0.717) is 0 Å². The smallest absolute Gasteiger partial charge is 0.309 e. The van der Waals surface area contributed by atoms with E-state index in [0.717, 1.165) is 36.4 Å². The van der Waals surface area contributed by atoms with Crippen LogP contribution in [0.25, 0.3) is 0 Å². The Labute approximate surface area is 158 Å². The van der Waals surface area contributed by atoms with E-state index in [1.54, 1.807) is 0 Å². The average molecular weight is 403 g/mol. The van der Waals surface area contributed by atoms with E-state index in [9.17, 15) is 18.0 Å². The summed E-state index contributed by atoms with van der Waals surface area (Å²) in [6, 6.07) is 4.15.